The van der Waals surface area contributed by atoms with E-state index in [1.165, 1.54) is 13.0 Å². The van der Waals surface area contributed by atoms with E-state index in [1.54, 1.807) is 0 Å². The summed E-state index contributed by atoms with van der Waals surface area (Å²) in [4.78, 5) is 3.43. The zero-order chi connectivity index (χ0) is 9.56. The maximum Gasteiger partial charge on any atom is 0.255 e. The Morgan fingerprint density at radius 1 is 1.75 bits per heavy atom. The molecule has 0 aromatic rings. The van der Waals surface area contributed by atoms with Gasteiger partial charge in [0.25, 0.3) is 6.43 Å². The highest BCUT2D eigenvalue weighted by Crippen LogP contribution is 1.94. The van der Waals surface area contributed by atoms with E-state index >= 15 is 0 Å². The van der Waals surface area contributed by atoms with Crippen LogP contribution in [0.25, 0.3) is 0 Å². The SMILES string of the molecule is C=N/C(=C\C(C)=N)NCC(F)F. The van der Waals surface area contributed by atoms with Crippen molar-refractivity contribution in [2.75, 3.05) is 6.54 Å². The number of halogens is 2. The van der Waals surface area contributed by atoms with Gasteiger partial charge in [0.2, 0.25) is 0 Å². The highest BCUT2D eigenvalue weighted by molar-refractivity contribution is 5.90. The maximum absolute atomic E-state index is 11.7. The van der Waals surface area contributed by atoms with Gasteiger partial charge in [-0.1, -0.05) is 0 Å². The standard InChI is InChI=1S/C7H11F2N3/c1-5(10)3-7(11-2)12-4-6(8)9/h3,6,10,12H,2,4H2,1H3/b7-3+,10-5?. The summed E-state index contributed by atoms with van der Waals surface area (Å²) in [5, 5.41) is 9.36. The van der Waals surface area contributed by atoms with Crippen LogP contribution in [0.15, 0.2) is 16.9 Å². The first-order valence-electron chi connectivity index (χ1n) is 3.32. The molecule has 0 radical (unpaired) electrons. The second kappa shape index (κ2) is 5.40. The van der Waals surface area contributed by atoms with Crippen LogP contribution in [0.1, 0.15) is 6.92 Å². The molecule has 0 rings (SSSR count). The summed E-state index contributed by atoms with van der Waals surface area (Å²) < 4.78 is 23.3. The Balaban J connectivity index is 4.00. The number of allylic oxidation sites excluding steroid dienone is 1. The number of hydrogen-bond donors (Lipinski definition) is 2. The van der Waals surface area contributed by atoms with Crippen LogP contribution in [0, 0.1) is 5.41 Å². The van der Waals surface area contributed by atoms with Crippen molar-refractivity contribution in [1.29, 1.82) is 5.41 Å². The second-order valence-corrected chi connectivity index (χ2v) is 2.14. The molecular formula is C7H11F2N3. The Hall–Kier alpha value is -1.26. The molecule has 68 valence electrons. The van der Waals surface area contributed by atoms with Crippen LogP contribution in [0.4, 0.5) is 8.78 Å². The minimum atomic E-state index is -2.43. The Morgan fingerprint density at radius 3 is 2.67 bits per heavy atom. The number of aliphatic imine (C=N–C) groups is 1. The van der Waals surface area contributed by atoms with Crippen LogP contribution in [0.5, 0.6) is 0 Å². The van der Waals surface area contributed by atoms with Crippen molar-refractivity contribution in [3.8, 4) is 0 Å². The van der Waals surface area contributed by atoms with E-state index in [1.807, 2.05) is 0 Å². The van der Waals surface area contributed by atoms with E-state index in [0.29, 0.717) is 0 Å². The Morgan fingerprint density at radius 2 is 2.33 bits per heavy atom. The largest absolute Gasteiger partial charge is 0.364 e. The van der Waals surface area contributed by atoms with Gasteiger partial charge in [-0.05, 0) is 13.6 Å². The lowest BCUT2D eigenvalue weighted by Gasteiger charge is -2.04. The van der Waals surface area contributed by atoms with E-state index in [4.69, 9.17) is 5.41 Å². The summed E-state index contributed by atoms with van der Waals surface area (Å²) in [5.41, 5.74) is 0.235. The maximum atomic E-state index is 11.7. The van der Waals surface area contributed by atoms with Crippen LogP contribution in [-0.4, -0.2) is 25.4 Å². The van der Waals surface area contributed by atoms with E-state index < -0.39 is 13.0 Å². The molecule has 0 amide bonds. The second-order valence-electron chi connectivity index (χ2n) is 2.14. The predicted octanol–water partition coefficient (Wildman–Crippen LogP) is 1.42. The Bertz CT molecular complexity index is 199. The molecule has 0 aliphatic carbocycles. The summed E-state index contributed by atoms with van der Waals surface area (Å²) >= 11 is 0. The molecule has 5 heteroatoms. The molecule has 0 spiro atoms. The third-order valence-electron chi connectivity index (χ3n) is 0.961. The zero-order valence-electron chi connectivity index (χ0n) is 6.77. The summed E-state index contributed by atoms with van der Waals surface area (Å²) in [6.07, 6.45) is -1.10. The average molecular weight is 175 g/mol. The molecule has 0 aliphatic heterocycles. The lowest BCUT2D eigenvalue weighted by molar-refractivity contribution is 0.149. The molecule has 0 aromatic carbocycles. The van der Waals surface area contributed by atoms with Gasteiger partial charge in [0.15, 0.2) is 0 Å². The van der Waals surface area contributed by atoms with Gasteiger partial charge in [0.05, 0.1) is 6.54 Å². The molecule has 0 aromatic heterocycles. The number of nitrogens with zero attached hydrogens (tertiary/aromatic N) is 1. The van der Waals surface area contributed by atoms with E-state index in [-0.39, 0.29) is 11.5 Å². The topological polar surface area (TPSA) is 48.2 Å². The number of hydrogen-bond acceptors (Lipinski definition) is 3. The van der Waals surface area contributed by atoms with Crippen molar-refractivity contribution in [1.82, 2.24) is 5.32 Å². The van der Waals surface area contributed by atoms with E-state index in [2.05, 4.69) is 17.0 Å². The van der Waals surface area contributed by atoms with Crippen LogP contribution in [-0.2, 0) is 0 Å². The fraction of sp³-hybridized carbons (Fsp3) is 0.429. The first kappa shape index (κ1) is 10.7. The highest BCUT2D eigenvalue weighted by atomic mass is 19.3. The average Bonchev–Trinajstić information content (AvgIpc) is 1.97. The summed E-state index contributed by atoms with van der Waals surface area (Å²) in [6.45, 7) is 4.22. The molecule has 0 unspecified atom stereocenters. The van der Waals surface area contributed by atoms with Crippen molar-refractivity contribution in [3.05, 3.63) is 11.9 Å². The predicted molar refractivity (Wildman–Crippen MR) is 45.0 cm³/mol. The van der Waals surface area contributed by atoms with Crippen LogP contribution < -0.4 is 5.32 Å². The van der Waals surface area contributed by atoms with E-state index in [0.717, 1.165) is 0 Å². The van der Waals surface area contributed by atoms with Gasteiger partial charge in [-0.2, -0.15) is 0 Å². The fourth-order valence-corrected chi connectivity index (χ4v) is 0.539. The van der Waals surface area contributed by atoms with Gasteiger partial charge in [0.1, 0.15) is 5.82 Å². The molecule has 12 heavy (non-hydrogen) atoms. The fourth-order valence-electron chi connectivity index (χ4n) is 0.539. The van der Waals surface area contributed by atoms with Crippen molar-refractivity contribution < 1.29 is 8.78 Å². The van der Waals surface area contributed by atoms with Crippen LogP contribution in [0.3, 0.4) is 0 Å². The van der Waals surface area contributed by atoms with Crippen molar-refractivity contribution in [3.63, 3.8) is 0 Å². The molecule has 0 aliphatic rings. The number of rotatable bonds is 5. The summed E-state index contributed by atoms with van der Waals surface area (Å²) in [7, 11) is 0. The first-order chi connectivity index (χ1) is 5.56. The first-order valence-corrected chi connectivity index (χ1v) is 3.32. The van der Waals surface area contributed by atoms with Gasteiger partial charge in [0, 0.05) is 11.8 Å². The van der Waals surface area contributed by atoms with Gasteiger partial charge in [-0.25, -0.2) is 13.8 Å². The summed E-state index contributed by atoms with van der Waals surface area (Å²) in [6, 6.07) is 0. The number of alkyl halides is 2. The van der Waals surface area contributed by atoms with Crippen LogP contribution >= 0.6 is 0 Å². The van der Waals surface area contributed by atoms with Crippen molar-refractivity contribution in [2.45, 2.75) is 13.3 Å². The Labute approximate surface area is 69.7 Å². The van der Waals surface area contributed by atoms with Gasteiger partial charge >= 0.3 is 0 Å². The number of nitrogens with one attached hydrogen (secondary N) is 2. The van der Waals surface area contributed by atoms with Crippen molar-refractivity contribution >= 4 is 12.4 Å². The third-order valence-corrected chi connectivity index (χ3v) is 0.961. The molecule has 0 bridgehead atoms. The molecule has 3 nitrogen and oxygen atoms in total. The minimum Gasteiger partial charge on any atom is -0.364 e. The molecule has 0 atom stereocenters. The van der Waals surface area contributed by atoms with Gasteiger partial charge in [-0.3, -0.25) is 0 Å². The molecule has 0 saturated carbocycles. The monoisotopic (exact) mass is 175 g/mol. The molecule has 0 heterocycles. The minimum absolute atomic E-state index is 0.197. The zero-order valence-corrected chi connectivity index (χ0v) is 6.77. The van der Waals surface area contributed by atoms with Crippen molar-refractivity contribution in [2.24, 2.45) is 4.99 Å². The lowest BCUT2D eigenvalue weighted by atomic mass is 10.4. The normalized spacial score (nSPS) is 11.5. The lowest BCUT2D eigenvalue weighted by Crippen LogP contribution is -2.20. The van der Waals surface area contributed by atoms with Gasteiger partial charge < -0.3 is 10.7 Å². The quantitative estimate of drug-likeness (QED) is 0.610. The highest BCUT2D eigenvalue weighted by Gasteiger charge is 2.01. The molecule has 2 N–H and O–H groups in total. The smallest absolute Gasteiger partial charge is 0.255 e. The van der Waals surface area contributed by atoms with Gasteiger partial charge in [-0.15, -0.1) is 0 Å². The molecule has 0 saturated heterocycles. The van der Waals surface area contributed by atoms with E-state index in [9.17, 15) is 8.78 Å². The third kappa shape index (κ3) is 5.52. The summed E-state index contributed by atoms with van der Waals surface area (Å²) in [5.74, 6) is 0.197. The van der Waals surface area contributed by atoms with Crippen LogP contribution in [0.2, 0.25) is 0 Å². The Kier molecular flexibility index (Phi) is 4.83. The molecular weight excluding hydrogens is 164 g/mol. The molecule has 0 fully saturated rings.